The van der Waals surface area contributed by atoms with E-state index in [0.717, 1.165) is 59.0 Å². The molecule has 0 aromatic carbocycles. The van der Waals surface area contributed by atoms with E-state index in [9.17, 15) is 8.42 Å². The van der Waals surface area contributed by atoms with Gasteiger partial charge in [0.25, 0.3) is 0 Å². The van der Waals surface area contributed by atoms with Gasteiger partial charge >= 0.3 is 0 Å². The molecule has 2 saturated heterocycles. The summed E-state index contributed by atoms with van der Waals surface area (Å²) in [5.41, 5.74) is -0.0375. The lowest BCUT2D eigenvalue weighted by atomic mass is 10.1. The van der Waals surface area contributed by atoms with Crippen LogP contribution >= 0.6 is 0 Å². The molecule has 2 aliphatic rings. The molecule has 172 valence electrons. The van der Waals surface area contributed by atoms with Gasteiger partial charge in [-0.3, -0.25) is 19.6 Å². The first-order valence-corrected chi connectivity index (χ1v) is 13.2. The van der Waals surface area contributed by atoms with Gasteiger partial charge in [0.05, 0.1) is 12.4 Å². The topological polar surface area (TPSA) is 56.3 Å². The van der Waals surface area contributed by atoms with Gasteiger partial charge < -0.3 is 4.74 Å². The zero-order valence-corrected chi connectivity index (χ0v) is 20.4. The van der Waals surface area contributed by atoms with E-state index in [1.807, 2.05) is 0 Å². The van der Waals surface area contributed by atoms with Crippen LogP contribution < -0.4 is 0 Å². The molecule has 0 aromatic heterocycles. The normalized spacial score (nSPS) is 22.7. The zero-order chi connectivity index (χ0) is 21.7. The second-order valence-electron chi connectivity index (χ2n) is 10.1. The van der Waals surface area contributed by atoms with Gasteiger partial charge in [-0.2, -0.15) is 0 Å². The van der Waals surface area contributed by atoms with Gasteiger partial charge in [0, 0.05) is 64.2 Å². The minimum absolute atomic E-state index is 0.245. The summed E-state index contributed by atoms with van der Waals surface area (Å²) in [7, 11) is -2.89. The van der Waals surface area contributed by atoms with Gasteiger partial charge in [-0.1, -0.05) is 0 Å². The molecule has 0 amide bonds. The van der Waals surface area contributed by atoms with Crippen LogP contribution in [-0.2, 0) is 14.6 Å². The Morgan fingerprint density at radius 1 is 0.759 bits per heavy atom. The first kappa shape index (κ1) is 25.0. The maximum Gasteiger partial charge on any atom is 0.148 e. The molecule has 2 aliphatic heterocycles. The molecule has 0 spiro atoms. The van der Waals surface area contributed by atoms with E-state index >= 15 is 0 Å². The summed E-state index contributed by atoms with van der Waals surface area (Å²) < 4.78 is 29.1. The van der Waals surface area contributed by atoms with E-state index in [-0.39, 0.29) is 17.0 Å². The van der Waals surface area contributed by atoms with Gasteiger partial charge in [-0.05, 0) is 54.1 Å². The summed E-state index contributed by atoms with van der Waals surface area (Å²) in [4.78, 5) is 9.74. The van der Waals surface area contributed by atoms with Crippen molar-refractivity contribution in [2.45, 2.75) is 52.3 Å². The Morgan fingerprint density at radius 3 is 1.86 bits per heavy atom. The van der Waals surface area contributed by atoms with Crippen LogP contribution in [0, 0.1) is 0 Å². The van der Waals surface area contributed by atoms with Crippen molar-refractivity contribution >= 4 is 9.84 Å². The van der Waals surface area contributed by atoms with E-state index in [1.165, 1.54) is 19.2 Å². The minimum atomic E-state index is -2.89. The third kappa shape index (κ3) is 8.79. The lowest BCUT2D eigenvalue weighted by Crippen LogP contribution is -2.56. The summed E-state index contributed by atoms with van der Waals surface area (Å²) in [5, 5.41) is 0. The first-order valence-electron chi connectivity index (χ1n) is 11.1. The van der Waals surface area contributed by atoms with Crippen LogP contribution in [0.5, 0.6) is 0 Å². The summed E-state index contributed by atoms with van der Waals surface area (Å²) in [6, 6.07) is 0. The molecular formula is C21H44N4O3S. The summed E-state index contributed by atoms with van der Waals surface area (Å²) in [6.07, 6.45) is 2.53. The molecule has 7 nitrogen and oxygen atoms in total. The van der Waals surface area contributed by atoms with E-state index in [2.05, 4.69) is 54.2 Å². The van der Waals surface area contributed by atoms with Crippen LogP contribution in [0.3, 0.4) is 0 Å². The number of nitrogens with zero attached hydrogens (tertiary/aromatic N) is 4. The summed E-state index contributed by atoms with van der Waals surface area (Å²) in [6.45, 7) is 21.8. The number of piperazine rings is 1. The largest absolute Gasteiger partial charge is 0.360 e. The Labute approximate surface area is 179 Å². The number of hydrogen-bond acceptors (Lipinski definition) is 7. The molecule has 0 N–H and O–H groups in total. The molecule has 0 radical (unpaired) electrons. The fourth-order valence-electron chi connectivity index (χ4n) is 4.19. The van der Waals surface area contributed by atoms with Gasteiger partial charge in [0.15, 0.2) is 0 Å². The van der Waals surface area contributed by atoms with Crippen molar-refractivity contribution in [1.29, 1.82) is 0 Å². The Morgan fingerprint density at radius 2 is 1.31 bits per heavy atom. The van der Waals surface area contributed by atoms with Crippen LogP contribution in [0.4, 0.5) is 0 Å². The smallest absolute Gasteiger partial charge is 0.148 e. The standard InChI is InChI=1S/C21H44N4O3S/c1-20(2,3)24-9-7-8-22(10-13-24)16-18-28-21(4,5)25-14-11-23(12-15-25)17-19-29(6,26)27/h7-19H2,1-6H3. The van der Waals surface area contributed by atoms with Crippen molar-refractivity contribution in [3.05, 3.63) is 0 Å². The van der Waals surface area contributed by atoms with Gasteiger partial charge in [-0.15, -0.1) is 0 Å². The Balaban J connectivity index is 1.69. The van der Waals surface area contributed by atoms with Crippen molar-refractivity contribution in [1.82, 2.24) is 19.6 Å². The van der Waals surface area contributed by atoms with Gasteiger partial charge in [0.2, 0.25) is 0 Å². The van der Waals surface area contributed by atoms with Crippen LogP contribution in [-0.4, -0.2) is 123 Å². The van der Waals surface area contributed by atoms with E-state index in [1.54, 1.807) is 0 Å². The average molecular weight is 433 g/mol. The van der Waals surface area contributed by atoms with Crippen molar-refractivity contribution in [2.75, 3.05) is 84.1 Å². The molecule has 0 atom stereocenters. The Hall–Kier alpha value is -0.250. The highest BCUT2D eigenvalue weighted by molar-refractivity contribution is 7.90. The maximum atomic E-state index is 11.4. The van der Waals surface area contributed by atoms with Gasteiger partial charge in [-0.25, -0.2) is 8.42 Å². The molecule has 0 aromatic rings. The molecule has 0 bridgehead atoms. The SMILES string of the molecule is CC(C)(C)N1CCCN(CCOC(C)(C)N2CCN(CCS(C)(=O)=O)CC2)CC1. The summed E-state index contributed by atoms with van der Waals surface area (Å²) >= 11 is 0. The molecule has 0 aliphatic carbocycles. The molecule has 2 rings (SSSR count). The fraction of sp³-hybridized carbons (Fsp3) is 1.00. The number of ether oxygens (including phenoxy) is 1. The van der Waals surface area contributed by atoms with Crippen molar-refractivity contribution in [3.63, 3.8) is 0 Å². The molecule has 2 fully saturated rings. The van der Waals surface area contributed by atoms with E-state index in [0.29, 0.717) is 6.54 Å². The Bertz CT molecular complexity index is 596. The first-order chi connectivity index (χ1) is 13.4. The molecule has 8 heteroatoms. The second-order valence-corrected chi connectivity index (χ2v) is 12.4. The summed E-state index contributed by atoms with van der Waals surface area (Å²) in [5.74, 6) is 0.245. The quantitative estimate of drug-likeness (QED) is 0.571. The van der Waals surface area contributed by atoms with Gasteiger partial charge in [0.1, 0.15) is 15.6 Å². The predicted octanol–water partition coefficient (Wildman–Crippen LogP) is 1.21. The van der Waals surface area contributed by atoms with E-state index < -0.39 is 9.84 Å². The zero-order valence-electron chi connectivity index (χ0n) is 19.6. The van der Waals surface area contributed by atoms with Crippen molar-refractivity contribution < 1.29 is 13.2 Å². The van der Waals surface area contributed by atoms with Crippen molar-refractivity contribution in [2.24, 2.45) is 0 Å². The maximum absolute atomic E-state index is 11.4. The molecule has 29 heavy (non-hydrogen) atoms. The van der Waals surface area contributed by atoms with Crippen LogP contribution in [0.15, 0.2) is 0 Å². The number of hydrogen-bond donors (Lipinski definition) is 0. The van der Waals surface area contributed by atoms with Crippen LogP contribution in [0.2, 0.25) is 0 Å². The molecule has 0 saturated carbocycles. The predicted molar refractivity (Wildman–Crippen MR) is 120 cm³/mol. The number of rotatable bonds is 8. The van der Waals surface area contributed by atoms with E-state index in [4.69, 9.17) is 4.74 Å². The minimum Gasteiger partial charge on any atom is -0.360 e. The monoisotopic (exact) mass is 432 g/mol. The average Bonchev–Trinajstić information content (AvgIpc) is 2.85. The second kappa shape index (κ2) is 10.4. The third-order valence-electron chi connectivity index (χ3n) is 6.31. The number of sulfone groups is 1. The lowest BCUT2D eigenvalue weighted by molar-refractivity contribution is -0.145. The Kier molecular flexibility index (Phi) is 8.95. The van der Waals surface area contributed by atoms with Crippen molar-refractivity contribution in [3.8, 4) is 0 Å². The lowest BCUT2D eigenvalue weighted by Gasteiger charge is -2.44. The van der Waals surface area contributed by atoms with Crippen LogP contribution in [0.25, 0.3) is 0 Å². The molecule has 2 heterocycles. The highest BCUT2D eigenvalue weighted by atomic mass is 32.2. The van der Waals surface area contributed by atoms with Crippen LogP contribution in [0.1, 0.15) is 41.0 Å². The highest BCUT2D eigenvalue weighted by Gasteiger charge is 2.31. The highest BCUT2D eigenvalue weighted by Crippen LogP contribution is 2.19. The molecule has 0 unspecified atom stereocenters. The fourth-order valence-corrected chi connectivity index (χ4v) is 4.78. The third-order valence-corrected chi connectivity index (χ3v) is 7.24. The molecular weight excluding hydrogens is 388 g/mol.